The topological polar surface area (TPSA) is 35.5 Å². The molecule has 0 aliphatic heterocycles. The minimum absolute atomic E-state index is 0.0678. The van der Waals surface area contributed by atoms with Crippen molar-refractivity contribution in [3.63, 3.8) is 0 Å². The van der Waals surface area contributed by atoms with E-state index in [2.05, 4.69) is 12.1 Å². The van der Waals surface area contributed by atoms with Crippen molar-refractivity contribution < 1.29 is 14.3 Å². The first kappa shape index (κ1) is 14.6. The first-order valence-electron chi connectivity index (χ1n) is 6.59. The van der Waals surface area contributed by atoms with Crippen LogP contribution in [0.4, 0.5) is 4.79 Å². The molecule has 1 rings (SSSR count). The van der Waals surface area contributed by atoms with Crippen LogP contribution in [0.3, 0.4) is 0 Å². The van der Waals surface area contributed by atoms with Gasteiger partial charge in [0, 0.05) is 0 Å². The largest absolute Gasteiger partial charge is 0.508 e. The van der Waals surface area contributed by atoms with Gasteiger partial charge in [-0.1, -0.05) is 37.3 Å². The summed E-state index contributed by atoms with van der Waals surface area (Å²) >= 11 is 0. The highest BCUT2D eigenvalue weighted by molar-refractivity contribution is 5.59. The van der Waals surface area contributed by atoms with Gasteiger partial charge in [-0.3, -0.25) is 0 Å². The first-order chi connectivity index (χ1) is 8.72. The van der Waals surface area contributed by atoms with Crippen LogP contribution >= 0.6 is 0 Å². The van der Waals surface area contributed by atoms with E-state index in [1.165, 1.54) is 5.56 Å². The fraction of sp³-hybridized carbons (Fsp3) is 0.533. The van der Waals surface area contributed by atoms with E-state index in [1.54, 1.807) is 0 Å². The lowest BCUT2D eigenvalue weighted by Gasteiger charge is -2.10. The zero-order valence-corrected chi connectivity index (χ0v) is 11.2. The monoisotopic (exact) mass is 250 g/mol. The fourth-order valence-corrected chi connectivity index (χ4v) is 1.51. The van der Waals surface area contributed by atoms with Gasteiger partial charge in [-0.2, -0.15) is 0 Å². The number of carbonyl (C=O) groups excluding carboxylic acids is 1. The van der Waals surface area contributed by atoms with Crippen molar-refractivity contribution in [1.82, 2.24) is 0 Å². The molecule has 1 unspecified atom stereocenters. The average molecular weight is 250 g/mol. The first-order valence-corrected chi connectivity index (χ1v) is 6.59. The number of aryl methyl sites for hydroxylation is 1. The van der Waals surface area contributed by atoms with Crippen molar-refractivity contribution in [3.8, 4) is 0 Å². The fourth-order valence-electron chi connectivity index (χ4n) is 1.51. The van der Waals surface area contributed by atoms with Crippen LogP contribution in [0.1, 0.15) is 38.7 Å². The third-order valence-electron chi connectivity index (χ3n) is 2.79. The molecular weight excluding hydrogens is 228 g/mol. The maximum atomic E-state index is 11.2. The molecule has 1 aromatic rings. The van der Waals surface area contributed by atoms with E-state index in [0.717, 1.165) is 25.7 Å². The molecule has 3 heteroatoms. The Kier molecular flexibility index (Phi) is 6.92. The van der Waals surface area contributed by atoms with Crippen LogP contribution in [0, 0.1) is 0 Å². The number of hydrogen-bond donors (Lipinski definition) is 0. The van der Waals surface area contributed by atoms with Gasteiger partial charge in [-0.25, -0.2) is 4.79 Å². The zero-order valence-electron chi connectivity index (χ0n) is 11.2. The lowest BCUT2D eigenvalue weighted by Crippen LogP contribution is -2.15. The number of benzene rings is 1. The van der Waals surface area contributed by atoms with E-state index in [9.17, 15) is 4.79 Å². The number of unbranched alkanes of at least 4 members (excludes halogenated alkanes) is 1. The van der Waals surface area contributed by atoms with Gasteiger partial charge < -0.3 is 9.47 Å². The summed E-state index contributed by atoms with van der Waals surface area (Å²) in [7, 11) is 0. The highest BCUT2D eigenvalue weighted by atomic mass is 16.7. The van der Waals surface area contributed by atoms with Crippen LogP contribution in [0.2, 0.25) is 0 Å². The van der Waals surface area contributed by atoms with Crippen molar-refractivity contribution in [2.45, 2.75) is 45.6 Å². The Morgan fingerprint density at radius 1 is 1.22 bits per heavy atom. The van der Waals surface area contributed by atoms with Gasteiger partial charge in [0.25, 0.3) is 0 Å². The lowest BCUT2D eigenvalue weighted by atomic mass is 10.1. The number of hydrogen-bond acceptors (Lipinski definition) is 3. The Morgan fingerprint density at radius 2 is 1.94 bits per heavy atom. The summed E-state index contributed by atoms with van der Waals surface area (Å²) < 4.78 is 9.99. The van der Waals surface area contributed by atoms with Crippen LogP contribution in [-0.2, 0) is 15.9 Å². The van der Waals surface area contributed by atoms with E-state index in [-0.39, 0.29) is 6.10 Å². The Labute approximate surface area is 109 Å². The highest BCUT2D eigenvalue weighted by Crippen LogP contribution is 2.05. The molecule has 0 saturated heterocycles. The van der Waals surface area contributed by atoms with Gasteiger partial charge in [0.2, 0.25) is 0 Å². The predicted molar refractivity (Wildman–Crippen MR) is 71.6 cm³/mol. The normalized spacial score (nSPS) is 11.9. The molecule has 0 aliphatic rings. The van der Waals surface area contributed by atoms with Crippen molar-refractivity contribution in [1.29, 1.82) is 0 Å². The molecule has 0 radical (unpaired) electrons. The minimum Gasteiger partial charge on any atom is -0.434 e. The summed E-state index contributed by atoms with van der Waals surface area (Å²) in [6, 6.07) is 10.3. The van der Waals surface area contributed by atoms with E-state index < -0.39 is 6.16 Å². The molecule has 0 bridgehead atoms. The molecular formula is C15H22O3. The van der Waals surface area contributed by atoms with Crippen molar-refractivity contribution >= 4 is 6.16 Å². The second-order valence-electron chi connectivity index (χ2n) is 4.38. The van der Waals surface area contributed by atoms with Crippen LogP contribution in [0.15, 0.2) is 30.3 Å². The molecule has 3 nitrogen and oxygen atoms in total. The Balaban J connectivity index is 2.03. The lowest BCUT2D eigenvalue weighted by molar-refractivity contribution is 0.0273. The second-order valence-corrected chi connectivity index (χ2v) is 4.38. The molecule has 0 spiro atoms. The summed E-state index contributed by atoms with van der Waals surface area (Å²) in [5.41, 5.74) is 1.32. The molecule has 0 aromatic heterocycles. The standard InChI is InChI=1S/C15H22O3/c1-3-13(2)18-15(16)17-12-8-7-11-14-9-5-4-6-10-14/h4-6,9-10,13H,3,7-8,11-12H2,1-2H3. The van der Waals surface area contributed by atoms with E-state index in [0.29, 0.717) is 6.61 Å². The van der Waals surface area contributed by atoms with Crippen molar-refractivity contribution in [3.05, 3.63) is 35.9 Å². The van der Waals surface area contributed by atoms with Gasteiger partial charge in [0.15, 0.2) is 0 Å². The minimum atomic E-state index is -0.552. The third kappa shape index (κ3) is 6.28. The van der Waals surface area contributed by atoms with Crippen LogP contribution in [-0.4, -0.2) is 18.9 Å². The molecule has 0 saturated carbocycles. The molecule has 100 valence electrons. The second kappa shape index (κ2) is 8.56. The van der Waals surface area contributed by atoms with Crippen LogP contribution in [0.5, 0.6) is 0 Å². The number of rotatable bonds is 7. The quantitative estimate of drug-likeness (QED) is 0.542. The van der Waals surface area contributed by atoms with Gasteiger partial charge >= 0.3 is 6.16 Å². The maximum Gasteiger partial charge on any atom is 0.508 e. The van der Waals surface area contributed by atoms with Crippen molar-refractivity contribution in [2.75, 3.05) is 6.61 Å². The Hall–Kier alpha value is -1.51. The summed E-state index contributed by atoms with van der Waals surface area (Å²) in [5, 5.41) is 0. The zero-order chi connectivity index (χ0) is 13.2. The number of carbonyl (C=O) groups is 1. The maximum absolute atomic E-state index is 11.2. The molecule has 0 fully saturated rings. The van der Waals surface area contributed by atoms with Gasteiger partial charge in [0.1, 0.15) is 6.10 Å². The van der Waals surface area contributed by atoms with Gasteiger partial charge in [0.05, 0.1) is 6.61 Å². The van der Waals surface area contributed by atoms with Crippen LogP contribution in [0.25, 0.3) is 0 Å². The molecule has 0 amide bonds. The smallest absolute Gasteiger partial charge is 0.434 e. The summed E-state index contributed by atoms with van der Waals surface area (Å²) in [6.07, 6.45) is 3.09. The summed E-state index contributed by atoms with van der Waals surface area (Å²) in [5.74, 6) is 0. The highest BCUT2D eigenvalue weighted by Gasteiger charge is 2.07. The summed E-state index contributed by atoms with van der Waals surface area (Å²) in [4.78, 5) is 11.2. The van der Waals surface area contributed by atoms with Gasteiger partial charge in [-0.05, 0) is 38.2 Å². The van der Waals surface area contributed by atoms with E-state index >= 15 is 0 Å². The Bertz CT molecular complexity index is 335. The molecule has 18 heavy (non-hydrogen) atoms. The molecule has 0 heterocycles. The van der Waals surface area contributed by atoms with Gasteiger partial charge in [-0.15, -0.1) is 0 Å². The number of ether oxygens (including phenoxy) is 2. The summed E-state index contributed by atoms with van der Waals surface area (Å²) in [6.45, 7) is 4.26. The molecule has 1 aromatic carbocycles. The van der Waals surface area contributed by atoms with Crippen LogP contribution < -0.4 is 0 Å². The third-order valence-corrected chi connectivity index (χ3v) is 2.79. The molecule has 0 N–H and O–H groups in total. The molecule has 1 atom stereocenters. The SMILES string of the molecule is CCC(C)OC(=O)OCCCCc1ccccc1. The van der Waals surface area contributed by atoms with E-state index in [1.807, 2.05) is 32.0 Å². The van der Waals surface area contributed by atoms with Crippen molar-refractivity contribution in [2.24, 2.45) is 0 Å². The Morgan fingerprint density at radius 3 is 2.61 bits per heavy atom. The average Bonchev–Trinajstić information content (AvgIpc) is 2.39. The van der Waals surface area contributed by atoms with E-state index in [4.69, 9.17) is 9.47 Å². The predicted octanol–water partition coefficient (Wildman–Crippen LogP) is 3.96. The molecule has 0 aliphatic carbocycles.